The summed E-state index contributed by atoms with van der Waals surface area (Å²) in [6, 6.07) is 5.06. The fourth-order valence-corrected chi connectivity index (χ4v) is 2.10. The van der Waals surface area contributed by atoms with Crippen molar-refractivity contribution in [2.24, 2.45) is 0 Å². The van der Waals surface area contributed by atoms with Gasteiger partial charge < -0.3 is 10.1 Å². The van der Waals surface area contributed by atoms with Gasteiger partial charge in [-0.25, -0.2) is 4.39 Å². The van der Waals surface area contributed by atoms with E-state index >= 15 is 0 Å². The van der Waals surface area contributed by atoms with E-state index in [1.165, 1.54) is 25.0 Å². The van der Waals surface area contributed by atoms with Crippen molar-refractivity contribution in [3.05, 3.63) is 28.5 Å². The van der Waals surface area contributed by atoms with E-state index in [4.69, 9.17) is 4.74 Å². The Bertz CT molecular complexity index is 371. The molecule has 0 spiro atoms. The fourth-order valence-electron chi connectivity index (χ4n) is 1.74. The van der Waals surface area contributed by atoms with Crippen molar-refractivity contribution in [1.82, 2.24) is 5.32 Å². The molecule has 0 atom stereocenters. The lowest BCUT2D eigenvalue weighted by Crippen LogP contribution is -2.23. The fraction of sp³-hybridized carbons (Fsp3) is 0.600. The molecule has 1 N–H and O–H groups in total. The number of hydrogen-bond acceptors (Lipinski definition) is 2. The minimum atomic E-state index is -0.266. The van der Waals surface area contributed by atoms with Gasteiger partial charge in [0.05, 0.1) is 11.1 Å². The summed E-state index contributed by atoms with van der Waals surface area (Å²) in [6.45, 7) is 6.03. The van der Waals surface area contributed by atoms with E-state index in [2.05, 4.69) is 35.1 Å². The van der Waals surface area contributed by atoms with Crippen molar-refractivity contribution < 1.29 is 9.13 Å². The molecule has 19 heavy (non-hydrogen) atoms. The minimum Gasteiger partial charge on any atom is -0.492 e. The Labute approximate surface area is 123 Å². The summed E-state index contributed by atoms with van der Waals surface area (Å²) >= 11 is 3.35. The van der Waals surface area contributed by atoms with Crippen molar-refractivity contribution >= 4 is 15.9 Å². The number of rotatable bonds is 9. The Balaban J connectivity index is 2.06. The van der Waals surface area contributed by atoms with Crippen LogP contribution in [-0.2, 0) is 0 Å². The first-order valence-corrected chi connectivity index (χ1v) is 7.70. The Morgan fingerprint density at radius 3 is 2.68 bits per heavy atom. The van der Waals surface area contributed by atoms with Crippen LogP contribution in [0.3, 0.4) is 0 Å². The highest BCUT2D eigenvalue weighted by molar-refractivity contribution is 9.10. The molecule has 1 aromatic carbocycles. The lowest BCUT2D eigenvalue weighted by atomic mass is 10.2. The third-order valence-electron chi connectivity index (χ3n) is 2.77. The van der Waals surface area contributed by atoms with Gasteiger partial charge in [-0.05, 0) is 47.4 Å². The molecule has 0 radical (unpaired) electrons. The summed E-state index contributed by atoms with van der Waals surface area (Å²) in [6.07, 6.45) is 4.55. The van der Waals surface area contributed by atoms with Gasteiger partial charge >= 0.3 is 0 Å². The van der Waals surface area contributed by atoms with Crippen molar-refractivity contribution in [3.8, 4) is 5.75 Å². The number of benzene rings is 1. The molecule has 0 heterocycles. The maximum Gasteiger partial charge on any atom is 0.136 e. The van der Waals surface area contributed by atoms with Crippen LogP contribution < -0.4 is 10.1 Å². The zero-order valence-corrected chi connectivity index (χ0v) is 13.3. The molecule has 1 rings (SSSR count). The Morgan fingerprint density at radius 1 is 1.21 bits per heavy atom. The van der Waals surface area contributed by atoms with E-state index < -0.39 is 0 Å². The number of hydrogen-bond donors (Lipinski definition) is 1. The molecule has 0 saturated heterocycles. The van der Waals surface area contributed by atoms with Gasteiger partial charge in [-0.15, -0.1) is 0 Å². The third kappa shape index (κ3) is 7.53. The van der Waals surface area contributed by atoms with Crippen molar-refractivity contribution in [2.45, 2.75) is 45.6 Å². The topological polar surface area (TPSA) is 21.3 Å². The van der Waals surface area contributed by atoms with Gasteiger partial charge in [-0.1, -0.05) is 26.7 Å². The number of halogens is 2. The predicted octanol–water partition coefficient (Wildman–Crippen LogP) is 4.53. The first-order valence-electron chi connectivity index (χ1n) is 6.91. The van der Waals surface area contributed by atoms with Crippen LogP contribution in [0.15, 0.2) is 22.7 Å². The van der Waals surface area contributed by atoms with Gasteiger partial charge in [0.1, 0.15) is 11.6 Å². The molecule has 2 nitrogen and oxygen atoms in total. The van der Waals surface area contributed by atoms with E-state index in [-0.39, 0.29) is 5.82 Å². The Hall–Kier alpha value is -0.610. The van der Waals surface area contributed by atoms with Gasteiger partial charge in [-0.2, -0.15) is 0 Å². The molecule has 0 unspecified atom stereocenters. The molecular formula is C15H23BrFNO. The van der Waals surface area contributed by atoms with E-state index in [0.29, 0.717) is 18.4 Å². The van der Waals surface area contributed by atoms with Crippen molar-refractivity contribution in [3.63, 3.8) is 0 Å². The van der Waals surface area contributed by atoms with Gasteiger partial charge in [0.25, 0.3) is 0 Å². The zero-order chi connectivity index (χ0) is 14.1. The smallest absolute Gasteiger partial charge is 0.136 e. The van der Waals surface area contributed by atoms with Crippen LogP contribution >= 0.6 is 15.9 Å². The molecule has 0 aliphatic heterocycles. The van der Waals surface area contributed by atoms with Crippen LogP contribution in [0.4, 0.5) is 4.39 Å². The van der Waals surface area contributed by atoms with E-state index in [1.54, 1.807) is 6.07 Å². The highest BCUT2D eigenvalue weighted by Crippen LogP contribution is 2.25. The van der Waals surface area contributed by atoms with Gasteiger partial charge in [0.2, 0.25) is 0 Å². The summed E-state index contributed by atoms with van der Waals surface area (Å²) in [5.74, 6) is 0.319. The first-order chi connectivity index (χ1) is 9.09. The second-order valence-electron chi connectivity index (χ2n) is 4.95. The Kier molecular flexibility index (Phi) is 8.07. The highest BCUT2D eigenvalue weighted by Gasteiger charge is 2.02. The quantitative estimate of drug-likeness (QED) is 0.671. The summed E-state index contributed by atoms with van der Waals surface area (Å²) in [4.78, 5) is 0. The monoisotopic (exact) mass is 331 g/mol. The van der Waals surface area contributed by atoms with Crippen molar-refractivity contribution in [1.29, 1.82) is 0 Å². The van der Waals surface area contributed by atoms with Crippen LogP contribution in [0.2, 0.25) is 0 Å². The molecule has 0 aliphatic carbocycles. The maximum atomic E-state index is 13.0. The van der Waals surface area contributed by atoms with Crippen LogP contribution in [0.25, 0.3) is 0 Å². The normalized spacial score (nSPS) is 11.0. The van der Waals surface area contributed by atoms with Gasteiger partial charge in [0.15, 0.2) is 0 Å². The molecule has 1 aromatic rings. The molecule has 108 valence electrons. The van der Waals surface area contributed by atoms with Crippen LogP contribution in [0, 0.1) is 5.82 Å². The SMILES string of the molecule is CC(C)NCCCCCCOc1cc(F)ccc1Br. The third-order valence-corrected chi connectivity index (χ3v) is 3.43. The van der Waals surface area contributed by atoms with E-state index in [0.717, 1.165) is 23.9 Å². The molecule has 0 saturated carbocycles. The molecule has 0 amide bonds. The molecular weight excluding hydrogens is 309 g/mol. The summed E-state index contributed by atoms with van der Waals surface area (Å²) < 4.78 is 19.4. The molecule has 4 heteroatoms. The highest BCUT2D eigenvalue weighted by atomic mass is 79.9. The number of unbranched alkanes of at least 4 members (excludes halogenated alkanes) is 3. The molecule has 0 fully saturated rings. The van der Waals surface area contributed by atoms with Crippen LogP contribution in [-0.4, -0.2) is 19.2 Å². The predicted molar refractivity (Wildman–Crippen MR) is 81.2 cm³/mol. The second-order valence-corrected chi connectivity index (χ2v) is 5.80. The van der Waals surface area contributed by atoms with Crippen LogP contribution in [0.5, 0.6) is 5.75 Å². The number of nitrogens with one attached hydrogen (secondary N) is 1. The lowest BCUT2D eigenvalue weighted by Gasteiger charge is -2.09. The maximum absolute atomic E-state index is 13.0. The first kappa shape index (κ1) is 16.4. The lowest BCUT2D eigenvalue weighted by molar-refractivity contribution is 0.301. The summed E-state index contributed by atoms with van der Waals surface area (Å²) in [5.41, 5.74) is 0. The van der Waals surface area contributed by atoms with Gasteiger partial charge in [0, 0.05) is 12.1 Å². The minimum absolute atomic E-state index is 0.266. The van der Waals surface area contributed by atoms with Crippen LogP contribution in [0.1, 0.15) is 39.5 Å². The summed E-state index contributed by atoms with van der Waals surface area (Å²) in [5, 5.41) is 3.40. The van der Waals surface area contributed by atoms with Gasteiger partial charge in [-0.3, -0.25) is 0 Å². The number of ether oxygens (including phenoxy) is 1. The van der Waals surface area contributed by atoms with E-state index in [9.17, 15) is 4.39 Å². The molecule has 0 aliphatic rings. The second kappa shape index (κ2) is 9.32. The van der Waals surface area contributed by atoms with E-state index in [1.807, 2.05) is 0 Å². The average Bonchev–Trinajstić information content (AvgIpc) is 2.36. The molecule has 0 bridgehead atoms. The zero-order valence-electron chi connectivity index (χ0n) is 11.7. The Morgan fingerprint density at radius 2 is 1.95 bits per heavy atom. The molecule has 0 aromatic heterocycles. The van der Waals surface area contributed by atoms with Crippen molar-refractivity contribution in [2.75, 3.05) is 13.2 Å². The summed E-state index contributed by atoms with van der Waals surface area (Å²) in [7, 11) is 0. The average molecular weight is 332 g/mol. The standard InChI is InChI=1S/C15H23BrFNO/c1-12(2)18-9-5-3-4-6-10-19-15-11-13(17)7-8-14(15)16/h7-8,11-12,18H,3-6,9-10H2,1-2H3. The largest absolute Gasteiger partial charge is 0.492 e.